The highest BCUT2D eigenvalue weighted by atomic mass is 16.2. The molecule has 1 saturated heterocycles. The van der Waals surface area contributed by atoms with Gasteiger partial charge in [0.05, 0.1) is 11.7 Å². The number of aromatic nitrogens is 2. The quantitative estimate of drug-likeness (QED) is 0.714. The number of H-pyrrole nitrogens is 1. The molecule has 0 atom stereocenters. The maximum atomic E-state index is 12.2. The number of rotatable bonds is 7. The average Bonchev–Trinajstić information content (AvgIpc) is 2.65. The van der Waals surface area contributed by atoms with Crippen LogP contribution in [0.5, 0.6) is 0 Å². The van der Waals surface area contributed by atoms with Crippen LogP contribution in [0, 0.1) is 0 Å². The summed E-state index contributed by atoms with van der Waals surface area (Å²) in [6.45, 7) is 3.99. The number of likely N-dealkylation sites (tertiary alicyclic amines) is 1. The number of hydrogen-bond donors (Lipinski definition) is 2. The third kappa shape index (κ3) is 4.86. The number of nitrogens with zero attached hydrogens (tertiary/aromatic N) is 3. The minimum absolute atomic E-state index is 0.00291. The summed E-state index contributed by atoms with van der Waals surface area (Å²) in [7, 11) is 3.91. The molecule has 7 heteroatoms. The zero-order chi connectivity index (χ0) is 20.1. The second kappa shape index (κ2) is 8.84. The third-order valence-electron chi connectivity index (χ3n) is 4.72. The van der Waals surface area contributed by atoms with Gasteiger partial charge in [0, 0.05) is 43.7 Å². The molecule has 1 aliphatic heterocycles. The topological polar surface area (TPSA) is 81.3 Å². The highest BCUT2D eigenvalue weighted by molar-refractivity contribution is 5.88. The normalized spacial score (nSPS) is 14.5. The van der Waals surface area contributed by atoms with Gasteiger partial charge in [-0.25, -0.2) is 0 Å². The molecule has 0 aliphatic carbocycles. The largest absolute Gasteiger partial charge is 0.374 e. The summed E-state index contributed by atoms with van der Waals surface area (Å²) >= 11 is 0. The van der Waals surface area contributed by atoms with Gasteiger partial charge in [-0.1, -0.05) is 13.0 Å². The number of anilines is 1. The van der Waals surface area contributed by atoms with Crippen molar-refractivity contribution < 1.29 is 4.79 Å². The molecule has 0 aromatic carbocycles. The fourth-order valence-electron chi connectivity index (χ4n) is 3.03. The van der Waals surface area contributed by atoms with Crippen LogP contribution in [0.4, 0.5) is 5.69 Å². The van der Waals surface area contributed by atoms with Gasteiger partial charge >= 0.3 is 0 Å². The predicted octanol–water partition coefficient (Wildman–Crippen LogP) is 1.74. The molecule has 0 saturated carbocycles. The molecule has 1 fully saturated rings. The highest BCUT2D eigenvalue weighted by Crippen LogP contribution is 2.20. The predicted molar refractivity (Wildman–Crippen MR) is 111 cm³/mol. The van der Waals surface area contributed by atoms with E-state index in [1.807, 2.05) is 43.3 Å². The van der Waals surface area contributed by atoms with Gasteiger partial charge in [0.1, 0.15) is 5.69 Å². The van der Waals surface area contributed by atoms with E-state index in [1.54, 1.807) is 23.4 Å². The van der Waals surface area contributed by atoms with Gasteiger partial charge in [0.2, 0.25) is 5.91 Å². The standard InChI is InChI=1S/C21H27N5O2/c1-4-15-7-8-22-18(10-15)16-11-19(21(28)23-12-16)24-17-13-26(14-17)20(27)6-5-9-25(2)3/h5-8,10-12,17,24H,4,9,13-14H2,1-3H3,(H,23,28)/b6-5+. The molecule has 0 bridgehead atoms. The van der Waals surface area contributed by atoms with Crippen molar-refractivity contribution in [1.29, 1.82) is 0 Å². The summed E-state index contributed by atoms with van der Waals surface area (Å²) in [5, 5.41) is 3.25. The summed E-state index contributed by atoms with van der Waals surface area (Å²) in [5.74, 6) is 0.00291. The van der Waals surface area contributed by atoms with Crippen molar-refractivity contribution in [3.63, 3.8) is 0 Å². The summed E-state index contributed by atoms with van der Waals surface area (Å²) < 4.78 is 0. The van der Waals surface area contributed by atoms with Gasteiger partial charge in [0.25, 0.3) is 5.56 Å². The number of pyridine rings is 2. The molecule has 0 spiro atoms. The Balaban J connectivity index is 1.62. The van der Waals surface area contributed by atoms with Crippen molar-refractivity contribution in [3.05, 3.63) is 58.7 Å². The Hall–Kier alpha value is -2.93. The lowest BCUT2D eigenvalue weighted by atomic mass is 10.1. The summed E-state index contributed by atoms with van der Waals surface area (Å²) in [5.41, 5.74) is 3.21. The van der Waals surface area contributed by atoms with Gasteiger partial charge in [0.15, 0.2) is 0 Å². The van der Waals surface area contributed by atoms with Gasteiger partial charge in [-0.3, -0.25) is 14.6 Å². The Kier molecular flexibility index (Phi) is 6.26. The van der Waals surface area contributed by atoms with E-state index in [0.717, 1.165) is 24.2 Å². The van der Waals surface area contributed by atoms with E-state index >= 15 is 0 Å². The number of aryl methyl sites for hydroxylation is 1. The zero-order valence-electron chi connectivity index (χ0n) is 16.6. The van der Waals surface area contributed by atoms with Crippen LogP contribution < -0.4 is 10.9 Å². The molecular weight excluding hydrogens is 354 g/mol. The van der Waals surface area contributed by atoms with E-state index in [4.69, 9.17) is 0 Å². The lowest BCUT2D eigenvalue weighted by Gasteiger charge is -2.39. The molecule has 28 heavy (non-hydrogen) atoms. The number of carbonyl (C=O) groups excluding carboxylic acids is 1. The number of carbonyl (C=O) groups is 1. The molecule has 2 aromatic rings. The summed E-state index contributed by atoms with van der Waals surface area (Å²) in [6.07, 6.45) is 7.86. The molecule has 1 aliphatic rings. The second-order valence-corrected chi connectivity index (χ2v) is 7.28. The molecule has 148 valence electrons. The first-order chi connectivity index (χ1) is 13.5. The molecule has 3 rings (SSSR count). The number of amides is 1. The van der Waals surface area contributed by atoms with Gasteiger partial charge < -0.3 is 20.1 Å². The second-order valence-electron chi connectivity index (χ2n) is 7.28. The smallest absolute Gasteiger partial charge is 0.271 e. The molecule has 2 N–H and O–H groups in total. The Morgan fingerprint density at radius 1 is 1.39 bits per heavy atom. The van der Waals surface area contributed by atoms with E-state index < -0.39 is 0 Å². The van der Waals surface area contributed by atoms with Crippen molar-refractivity contribution >= 4 is 11.6 Å². The van der Waals surface area contributed by atoms with Crippen LogP contribution in [0.2, 0.25) is 0 Å². The maximum absolute atomic E-state index is 12.2. The van der Waals surface area contributed by atoms with Gasteiger partial charge in [-0.2, -0.15) is 0 Å². The van der Waals surface area contributed by atoms with Crippen LogP contribution in [-0.4, -0.2) is 65.4 Å². The number of aromatic amines is 1. The van der Waals surface area contributed by atoms with Crippen molar-refractivity contribution in [1.82, 2.24) is 19.8 Å². The van der Waals surface area contributed by atoms with Crippen LogP contribution >= 0.6 is 0 Å². The van der Waals surface area contributed by atoms with Crippen molar-refractivity contribution in [3.8, 4) is 11.3 Å². The fourth-order valence-corrected chi connectivity index (χ4v) is 3.03. The van der Waals surface area contributed by atoms with Gasteiger partial charge in [-0.15, -0.1) is 0 Å². The van der Waals surface area contributed by atoms with E-state index in [-0.39, 0.29) is 17.5 Å². The summed E-state index contributed by atoms with van der Waals surface area (Å²) in [4.78, 5) is 35.2. The molecule has 3 heterocycles. The number of hydrogen-bond acceptors (Lipinski definition) is 5. The maximum Gasteiger partial charge on any atom is 0.271 e. The van der Waals surface area contributed by atoms with Crippen LogP contribution in [0.1, 0.15) is 12.5 Å². The fraction of sp³-hybridized carbons (Fsp3) is 0.381. The van der Waals surface area contributed by atoms with Crippen LogP contribution in [0.3, 0.4) is 0 Å². The first kappa shape index (κ1) is 19.8. The minimum atomic E-state index is -0.175. The highest BCUT2D eigenvalue weighted by Gasteiger charge is 2.29. The van der Waals surface area contributed by atoms with E-state index in [1.165, 1.54) is 5.56 Å². The molecule has 2 aromatic heterocycles. The Labute approximate surface area is 165 Å². The van der Waals surface area contributed by atoms with E-state index in [9.17, 15) is 9.59 Å². The van der Waals surface area contributed by atoms with E-state index in [2.05, 4.69) is 22.2 Å². The average molecular weight is 381 g/mol. The first-order valence-corrected chi connectivity index (χ1v) is 9.51. The Bertz CT molecular complexity index is 913. The first-order valence-electron chi connectivity index (χ1n) is 9.51. The lowest BCUT2D eigenvalue weighted by Crippen LogP contribution is -2.57. The minimum Gasteiger partial charge on any atom is -0.374 e. The van der Waals surface area contributed by atoms with Crippen molar-refractivity contribution in [2.75, 3.05) is 39.0 Å². The number of likely N-dealkylation sites (N-methyl/N-ethyl adjacent to an activating group) is 1. The molecule has 1 amide bonds. The summed E-state index contributed by atoms with van der Waals surface area (Å²) in [6, 6.07) is 5.91. The number of nitrogens with one attached hydrogen (secondary N) is 2. The van der Waals surface area contributed by atoms with Crippen LogP contribution in [-0.2, 0) is 11.2 Å². The molecular formula is C21H27N5O2. The molecule has 0 radical (unpaired) electrons. The van der Waals surface area contributed by atoms with Crippen LogP contribution in [0.25, 0.3) is 11.3 Å². The Morgan fingerprint density at radius 2 is 2.18 bits per heavy atom. The van der Waals surface area contributed by atoms with Crippen molar-refractivity contribution in [2.45, 2.75) is 19.4 Å². The molecule has 7 nitrogen and oxygen atoms in total. The third-order valence-corrected chi connectivity index (χ3v) is 4.72. The van der Waals surface area contributed by atoms with Gasteiger partial charge in [-0.05, 0) is 44.3 Å². The Morgan fingerprint density at radius 3 is 2.89 bits per heavy atom. The zero-order valence-corrected chi connectivity index (χ0v) is 16.6. The lowest BCUT2D eigenvalue weighted by molar-refractivity contribution is -0.129. The van der Waals surface area contributed by atoms with Crippen molar-refractivity contribution in [2.24, 2.45) is 0 Å². The van der Waals surface area contributed by atoms with E-state index in [0.29, 0.717) is 18.8 Å². The monoisotopic (exact) mass is 381 g/mol. The van der Waals surface area contributed by atoms with Crippen LogP contribution in [0.15, 0.2) is 47.5 Å². The molecule has 0 unspecified atom stereocenters. The SMILES string of the molecule is CCc1ccnc(-c2c[nH]c(=O)c(NC3CN(C(=O)/C=C/CN(C)C)C3)c2)c1.